The van der Waals surface area contributed by atoms with Crippen LogP contribution in [0, 0.1) is 18.3 Å². The first-order valence-corrected chi connectivity index (χ1v) is 8.09. The number of H-pyrrole nitrogens is 2. The summed E-state index contributed by atoms with van der Waals surface area (Å²) >= 11 is 0. The molecule has 3 N–H and O–H groups in total. The van der Waals surface area contributed by atoms with E-state index in [1.165, 1.54) is 6.20 Å². The van der Waals surface area contributed by atoms with Crippen molar-refractivity contribution in [2.24, 2.45) is 0 Å². The van der Waals surface area contributed by atoms with Crippen LogP contribution in [0.4, 0.5) is 0 Å². The fourth-order valence-electron chi connectivity index (χ4n) is 3.35. The number of pyridine rings is 1. The van der Waals surface area contributed by atoms with Crippen LogP contribution < -0.4 is 4.74 Å². The van der Waals surface area contributed by atoms with Gasteiger partial charge in [0, 0.05) is 28.9 Å². The number of methoxy groups -OCH3 is 1. The number of hydrogen-bond acceptors (Lipinski definition) is 5. The average molecular weight is 347 g/mol. The van der Waals surface area contributed by atoms with Crippen molar-refractivity contribution < 1.29 is 9.84 Å². The molecule has 0 radical (unpaired) electrons. The van der Waals surface area contributed by atoms with Crippen LogP contribution in [-0.2, 0) is 5.60 Å². The largest absolute Gasteiger partial charge is 0.496 e. The van der Waals surface area contributed by atoms with E-state index in [0.29, 0.717) is 33.9 Å². The van der Waals surface area contributed by atoms with Gasteiger partial charge in [0.1, 0.15) is 28.8 Å². The Bertz CT molecular complexity index is 1180. The molecule has 1 atom stereocenters. The number of aromatic amines is 2. The van der Waals surface area contributed by atoms with E-state index < -0.39 is 5.60 Å². The Balaban J connectivity index is 1.97. The summed E-state index contributed by atoms with van der Waals surface area (Å²) in [6.45, 7) is 3.64. The van der Waals surface area contributed by atoms with E-state index in [0.717, 1.165) is 16.5 Å². The summed E-state index contributed by atoms with van der Waals surface area (Å²) in [6.07, 6.45) is 3.30. The van der Waals surface area contributed by atoms with Gasteiger partial charge < -0.3 is 19.8 Å². The van der Waals surface area contributed by atoms with Crippen molar-refractivity contribution in [3.8, 4) is 11.8 Å². The maximum atomic E-state index is 11.4. The monoisotopic (exact) mass is 347 g/mol. The van der Waals surface area contributed by atoms with E-state index >= 15 is 0 Å². The van der Waals surface area contributed by atoms with E-state index in [4.69, 9.17) is 10.00 Å². The normalized spacial score (nSPS) is 13.7. The molecule has 0 aliphatic heterocycles. The molecule has 7 nitrogen and oxygen atoms in total. The van der Waals surface area contributed by atoms with Crippen LogP contribution in [-0.4, -0.2) is 32.2 Å². The Hall–Kier alpha value is -3.37. The maximum Gasteiger partial charge on any atom is 0.157 e. The van der Waals surface area contributed by atoms with Crippen LogP contribution in [0.3, 0.4) is 0 Å². The second kappa shape index (κ2) is 5.58. The molecule has 0 bridgehead atoms. The van der Waals surface area contributed by atoms with Crippen LogP contribution >= 0.6 is 0 Å². The van der Waals surface area contributed by atoms with Crippen molar-refractivity contribution >= 4 is 22.1 Å². The molecule has 1 aromatic carbocycles. The fraction of sp³-hybridized carbons (Fsp3) is 0.211. The topological polar surface area (TPSA) is 111 Å². The number of aryl methyl sites for hydroxylation is 1. The second-order valence-electron chi connectivity index (χ2n) is 6.40. The molecule has 4 aromatic rings. The van der Waals surface area contributed by atoms with E-state index in [2.05, 4.69) is 19.9 Å². The number of nitrogens with zero attached hydrogens (tertiary/aromatic N) is 3. The van der Waals surface area contributed by atoms with E-state index in [1.54, 1.807) is 20.1 Å². The molecule has 130 valence electrons. The highest BCUT2D eigenvalue weighted by Crippen LogP contribution is 2.40. The number of aromatic nitrogens is 4. The number of ether oxygens (including phenoxy) is 1. The molecule has 4 rings (SSSR count). The summed E-state index contributed by atoms with van der Waals surface area (Å²) in [6, 6.07) is 7.47. The third-order valence-corrected chi connectivity index (χ3v) is 4.64. The van der Waals surface area contributed by atoms with Crippen LogP contribution in [0.25, 0.3) is 22.1 Å². The SMILES string of the molecule is COc1cc(C)c2[nH]ccc2c1C(C)(O)c1nc2cc(C#N)cnc2[nH]1. The lowest BCUT2D eigenvalue weighted by Crippen LogP contribution is -2.25. The molecule has 0 spiro atoms. The number of nitriles is 1. The lowest BCUT2D eigenvalue weighted by atomic mass is 9.90. The minimum Gasteiger partial charge on any atom is -0.496 e. The summed E-state index contributed by atoms with van der Waals surface area (Å²) in [5, 5.41) is 21.3. The van der Waals surface area contributed by atoms with Crippen LogP contribution in [0.15, 0.2) is 30.6 Å². The molecule has 0 fully saturated rings. The fourth-order valence-corrected chi connectivity index (χ4v) is 3.35. The van der Waals surface area contributed by atoms with E-state index in [1.807, 2.05) is 31.3 Å². The Morgan fingerprint density at radius 3 is 2.88 bits per heavy atom. The Labute approximate surface area is 149 Å². The predicted octanol–water partition coefficient (Wildman–Crippen LogP) is 2.88. The zero-order valence-electron chi connectivity index (χ0n) is 14.6. The zero-order valence-corrected chi connectivity index (χ0v) is 14.6. The van der Waals surface area contributed by atoms with Crippen molar-refractivity contribution in [3.05, 3.63) is 53.1 Å². The lowest BCUT2D eigenvalue weighted by molar-refractivity contribution is 0.0920. The number of nitrogens with one attached hydrogen (secondary N) is 2. The third kappa shape index (κ3) is 2.24. The van der Waals surface area contributed by atoms with Gasteiger partial charge >= 0.3 is 0 Å². The number of aliphatic hydroxyl groups is 1. The Kier molecular flexibility index (Phi) is 3.46. The van der Waals surface area contributed by atoms with Gasteiger partial charge in [-0.3, -0.25) is 0 Å². The van der Waals surface area contributed by atoms with Gasteiger partial charge in [0.2, 0.25) is 0 Å². The molecule has 3 heterocycles. The van der Waals surface area contributed by atoms with Gasteiger partial charge in [0.25, 0.3) is 0 Å². The van der Waals surface area contributed by atoms with Crippen LogP contribution in [0.1, 0.15) is 29.4 Å². The Morgan fingerprint density at radius 2 is 2.15 bits per heavy atom. The maximum absolute atomic E-state index is 11.4. The first-order valence-electron chi connectivity index (χ1n) is 8.09. The van der Waals surface area contributed by atoms with Gasteiger partial charge in [-0.05, 0) is 37.6 Å². The molecule has 26 heavy (non-hydrogen) atoms. The lowest BCUT2D eigenvalue weighted by Gasteiger charge is -2.25. The first-order chi connectivity index (χ1) is 12.5. The summed E-state index contributed by atoms with van der Waals surface area (Å²) in [4.78, 5) is 14.9. The van der Waals surface area contributed by atoms with E-state index in [-0.39, 0.29) is 0 Å². The van der Waals surface area contributed by atoms with Gasteiger partial charge in [0.15, 0.2) is 5.65 Å². The number of imidazole rings is 1. The minimum absolute atomic E-state index is 0.333. The highest BCUT2D eigenvalue weighted by molar-refractivity contribution is 5.89. The van der Waals surface area contributed by atoms with Crippen molar-refractivity contribution in [2.45, 2.75) is 19.4 Å². The summed E-state index contributed by atoms with van der Waals surface area (Å²) in [5.74, 6) is 0.908. The first kappa shape index (κ1) is 16.1. The van der Waals surface area contributed by atoms with Gasteiger partial charge in [0.05, 0.1) is 12.7 Å². The molecule has 0 saturated carbocycles. The van der Waals surface area contributed by atoms with Crippen molar-refractivity contribution in [3.63, 3.8) is 0 Å². The molecular weight excluding hydrogens is 330 g/mol. The molecule has 3 aromatic heterocycles. The number of hydrogen-bond donors (Lipinski definition) is 3. The van der Waals surface area contributed by atoms with Crippen LogP contribution in [0.5, 0.6) is 5.75 Å². The third-order valence-electron chi connectivity index (χ3n) is 4.64. The minimum atomic E-state index is -1.45. The van der Waals surface area contributed by atoms with Gasteiger partial charge in [-0.15, -0.1) is 0 Å². The average Bonchev–Trinajstić information content (AvgIpc) is 3.27. The summed E-state index contributed by atoms with van der Waals surface area (Å²) in [7, 11) is 1.58. The Morgan fingerprint density at radius 1 is 1.35 bits per heavy atom. The molecule has 0 aliphatic rings. The van der Waals surface area contributed by atoms with Gasteiger partial charge in [-0.1, -0.05) is 0 Å². The standard InChI is InChI=1S/C19H17N5O2/c1-10-6-14(26-3)15(12-4-5-21-16(10)12)19(2,25)18-23-13-7-11(8-20)9-22-17(13)24-18/h4-7,9,21,25H,1-3H3,(H,22,23,24). The smallest absolute Gasteiger partial charge is 0.157 e. The van der Waals surface area contributed by atoms with Crippen molar-refractivity contribution in [1.29, 1.82) is 5.26 Å². The number of rotatable bonds is 3. The molecule has 0 saturated heterocycles. The van der Waals surface area contributed by atoms with Crippen molar-refractivity contribution in [2.75, 3.05) is 7.11 Å². The number of benzene rings is 1. The molecule has 0 amide bonds. The zero-order chi connectivity index (χ0) is 18.5. The highest BCUT2D eigenvalue weighted by atomic mass is 16.5. The van der Waals surface area contributed by atoms with Crippen molar-refractivity contribution in [1.82, 2.24) is 19.9 Å². The predicted molar refractivity (Wildman–Crippen MR) is 96.9 cm³/mol. The van der Waals surface area contributed by atoms with Crippen LogP contribution in [0.2, 0.25) is 0 Å². The summed E-state index contributed by atoms with van der Waals surface area (Å²) in [5.41, 5.74) is 2.56. The van der Waals surface area contributed by atoms with Gasteiger partial charge in [-0.25, -0.2) is 9.97 Å². The molecule has 1 unspecified atom stereocenters. The molecular formula is C19H17N5O2. The molecule has 0 aliphatic carbocycles. The van der Waals surface area contributed by atoms with Gasteiger partial charge in [-0.2, -0.15) is 5.26 Å². The highest BCUT2D eigenvalue weighted by Gasteiger charge is 2.35. The second-order valence-corrected chi connectivity index (χ2v) is 6.40. The van der Waals surface area contributed by atoms with E-state index in [9.17, 15) is 5.11 Å². The number of fused-ring (bicyclic) bond motifs is 2. The quantitative estimate of drug-likeness (QED) is 0.528. The molecule has 7 heteroatoms. The summed E-state index contributed by atoms with van der Waals surface area (Å²) < 4.78 is 5.55.